The second kappa shape index (κ2) is 6.02. The first-order valence-corrected chi connectivity index (χ1v) is 8.01. The highest BCUT2D eigenvalue weighted by molar-refractivity contribution is 5.17. The Balaban J connectivity index is 1.71. The molecular formula is C16H25N5. The van der Waals surface area contributed by atoms with Crippen molar-refractivity contribution in [2.75, 3.05) is 0 Å². The lowest BCUT2D eigenvalue weighted by molar-refractivity contribution is 0.572. The highest BCUT2D eigenvalue weighted by atomic mass is 15.3. The molecule has 1 aliphatic carbocycles. The Morgan fingerprint density at radius 3 is 2.76 bits per heavy atom. The van der Waals surface area contributed by atoms with E-state index in [0.717, 1.165) is 43.5 Å². The van der Waals surface area contributed by atoms with Crippen molar-refractivity contribution < 1.29 is 0 Å². The third-order valence-corrected chi connectivity index (χ3v) is 4.11. The summed E-state index contributed by atoms with van der Waals surface area (Å²) in [7, 11) is 0. The molecule has 0 amide bonds. The molecule has 0 aliphatic heterocycles. The second-order valence-electron chi connectivity index (χ2n) is 5.89. The van der Waals surface area contributed by atoms with Crippen molar-refractivity contribution in [2.45, 2.75) is 65.7 Å². The molecule has 3 rings (SSSR count). The molecule has 0 atom stereocenters. The molecule has 2 heterocycles. The third-order valence-electron chi connectivity index (χ3n) is 4.11. The summed E-state index contributed by atoms with van der Waals surface area (Å²) >= 11 is 0. The van der Waals surface area contributed by atoms with Gasteiger partial charge in [0.2, 0.25) is 0 Å². The van der Waals surface area contributed by atoms with Gasteiger partial charge in [0, 0.05) is 30.9 Å². The van der Waals surface area contributed by atoms with Gasteiger partial charge in [0.25, 0.3) is 0 Å². The van der Waals surface area contributed by atoms with Gasteiger partial charge in [-0.15, -0.1) is 0 Å². The quantitative estimate of drug-likeness (QED) is 0.850. The number of nitrogens with one attached hydrogen (secondary N) is 1. The lowest BCUT2D eigenvalue weighted by Gasteiger charge is -2.04. The number of aromatic nitrogens is 4. The standard InChI is InChI=1S/C16H25N5/c1-4-14-8-16(21(5-2)19-14)11-20-10-13(12(3)18-20)9-17-15-6-7-15/h8,10,15,17H,4-7,9,11H2,1-3H3. The van der Waals surface area contributed by atoms with Gasteiger partial charge in [-0.05, 0) is 39.2 Å². The molecule has 0 aromatic carbocycles. The van der Waals surface area contributed by atoms with Crippen LogP contribution in [-0.4, -0.2) is 25.6 Å². The maximum Gasteiger partial charge on any atom is 0.0828 e. The minimum Gasteiger partial charge on any atom is -0.310 e. The summed E-state index contributed by atoms with van der Waals surface area (Å²) in [5, 5.41) is 12.8. The maximum atomic E-state index is 4.65. The van der Waals surface area contributed by atoms with Gasteiger partial charge in [-0.25, -0.2) is 0 Å². The van der Waals surface area contributed by atoms with Crippen molar-refractivity contribution in [3.63, 3.8) is 0 Å². The first-order chi connectivity index (χ1) is 10.2. The number of nitrogens with zero attached hydrogens (tertiary/aromatic N) is 4. The zero-order valence-corrected chi connectivity index (χ0v) is 13.3. The van der Waals surface area contributed by atoms with E-state index in [9.17, 15) is 0 Å². The molecule has 1 aliphatic rings. The average Bonchev–Trinajstić information content (AvgIpc) is 3.13. The monoisotopic (exact) mass is 287 g/mol. The normalized spacial score (nSPS) is 14.8. The molecule has 0 saturated heterocycles. The predicted octanol–water partition coefficient (Wildman–Crippen LogP) is 2.27. The van der Waals surface area contributed by atoms with Gasteiger partial charge in [-0.3, -0.25) is 9.36 Å². The minimum atomic E-state index is 0.737. The van der Waals surface area contributed by atoms with Crippen LogP contribution in [0.25, 0.3) is 0 Å². The number of hydrogen-bond acceptors (Lipinski definition) is 3. The topological polar surface area (TPSA) is 47.7 Å². The molecule has 5 nitrogen and oxygen atoms in total. The van der Waals surface area contributed by atoms with Crippen molar-refractivity contribution in [3.05, 3.63) is 34.9 Å². The van der Waals surface area contributed by atoms with Gasteiger partial charge in [0.1, 0.15) is 0 Å². The highest BCUT2D eigenvalue weighted by Crippen LogP contribution is 2.20. The molecule has 0 spiro atoms. The van der Waals surface area contributed by atoms with Gasteiger partial charge < -0.3 is 5.32 Å². The van der Waals surface area contributed by atoms with Gasteiger partial charge >= 0.3 is 0 Å². The summed E-state index contributed by atoms with van der Waals surface area (Å²) in [6.45, 7) is 9.01. The summed E-state index contributed by atoms with van der Waals surface area (Å²) < 4.78 is 4.12. The van der Waals surface area contributed by atoms with Gasteiger partial charge in [0.15, 0.2) is 0 Å². The smallest absolute Gasteiger partial charge is 0.0828 e. The SMILES string of the molecule is CCc1cc(Cn2cc(CNC3CC3)c(C)n2)n(CC)n1. The predicted molar refractivity (Wildman–Crippen MR) is 83.2 cm³/mol. The van der Waals surface area contributed by atoms with Crippen LogP contribution in [0.5, 0.6) is 0 Å². The third kappa shape index (κ3) is 3.35. The Morgan fingerprint density at radius 1 is 1.29 bits per heavy atom. The molecule has 1 fully saturated rings. The fourth-order valence-electron chi connectivity index (χ4n) is 2.61. The van der Waals surface area contributed by atoms with E-state index in [0.29, 0.717) is 0 Å². The lowest BCUT2D eigenvalue weighted by atomic mass is 10.2. The number of rotatable bonds is 7. The summed E-state index contributed by atoms with van der Waals surface area (Å²) in [6, 6.07) is 2.93. The van der Waals surface area contributed by atoms with Crippen molar-refractivity contribution in [1.29, 1.82) is 0 Å². The Morgan fingerprint density at radius 2 is 2.10 bits per heavy atom. The fraction of sp³-hybridized carbons (Fsp3) is 0.625. The van der Waals surface area contributed by atoms with E-state index in [1.165, 1.54) is 24.1 Å². The summed E-state index contributed by atoms with van der Waals surface area (Å²) in [6.07, 6.45) is 5.79. The summed E-state index contributed by atoms with van der Waals surface area (Å²) in [5.41, 5.74) is 4.83. The fourth-order valence-corrected chi connectivity index (χ4v) is 2.61. The van der Waals surface area contributed by atoms with Crippen LogP contribution in [0.2, 0.25) is 0 Å². The van der Waals surface area contributed by atoms with Crippen LogP contribution in [0.1, 0.15) is 49.3 Å². The molecule has 2 aromatic heterocycles. The van der Waals surface area contributed by atoms with Gasteiger partial charge in [-0.1, -0.05) is 6.92 Å². The molecule has 1 saturated carbocycles. The van der Waals surface area contributed by atoms with Crippen LogP contribution in [0.4, 0.5) is 0 Å². The van der Waals surface area contributed by atoms with E-state index >= 15 is 0 Å². The Bertz CT molecular complexity index is 606. The van der Waals surface area contributed by atoms with E-state index in [-0.39, 0.29) is 0 Å². The molecule has 0 bridgehead atoms. The molecule has 1 N–H and O–H groups in total. The number of hydrogen-bond donors (Lipinski definition) is 1. The minimum absolute atomic E-state index is 0.737. The van der Waals surface area contributed by atoms with Gasteiger partial charge in [0.05, 0.1) is 23.6 Å². The molecule has 21 heavy (non-hydrogen) atoms. The van der Waals surface area contributed by atoms with E-state index < -0.39 is 0 Å². The van der Waals surface area contributed by atoms with Crippen LogP contribution in [0, 0.1) is 6.92 Å². The largest absolute Gasteiger partial charge is 0.310 e. The Kier molecular flexibility index (Phi) is 4.10. The molecular weight excluding hydrogens is 262 g/mol. The van der Waals surface area contributed by atoms with Crippen LogP contribution in [-0.2, 0) is 26.1 Å². The first kappa shape index (κ1) is 14.3. The first-order valence-electron chi connectivity index (χ1n) is 8.01. The molecule has 114 valence electrons. The van der Waals surface area contributed by atoms with E-state index in [4.69, 9.17) is 0 Å². The molecule has 2 aromatic rings. The number of aryl methyl sites for hydroxylation is 3. The lowest BCUT2D eigenvalue weighted by Crippen LogP contribution is -2.15. The van der Waals surface area contributed by atoms with E-state index in [1.807, 2.05) is 4.68 Å². The van der Waals surface area contributed by atoms with Crippen LogP contribution in [0.3, 0.4) is 0 Å². The zero-order valence-electron chi connectivity index (χ0n) is 13.3. The molecule has 5 heteroatoms. The van der Waals surface area contributed by atoms with Crippen molar-refractivity contribution in [1.82, 2.24) is 24.9 Å². The summed E-state index contributed by atoms with van der Waals surface area (Å²) in [4.78, 5) is 0. The van der Waals surface area contributed by atoms with Gasteiger partial charge in [-0.2, -0.15) is 10.2 Å². The Labute approximate surface area is 126 Å². The molecule has 0 unspecified atom stereocenters. The van der Waals surface area contributed by atoms with Crippen LogP contribution >= 0.6 is 0 Å². The molecule has 0 radical (unpaired) electrons. The van der Waals surface area contributed by atoms with E-state index in [2.05, 4.69) is 53.2 Å². The average molecular weight is 287 g/mol. The summed E-state index contributed by atoms with van der Waals surface area (Å²) in [5.74, 6) is 0. The van der Waals surface area contributed by atoms with Crippen molar-refractivity contribution in [2.24, 2.45) is 0 Å². The maximum absolute atomic E-state index is 4.65. The zero-order chi connectivity index (χ0) is 14.8. The Hall–Kier alpha value is -1.62. The highest BCUT2D eigenvalue weighted by Gasteiger charge is 2.20. The van der Waals surface area contributed by atoms with Crippen molar-refractivity contribution >= 4 is 0 Å². The van der Waals surface area contributed by atoms with Crippen LogP contribution in [0.15, 0.2) is 12.3 Å². The van der Waals surface area contributed by atoms with E-state index in [1.54, 1.807) is 0 Å². The second-order valence-corrected chi connectivity index (χ2v) is 5.89. The van der Waals surface area contributed by atoms with Crippen LogP contribution < -0.4 is 5.32 Å². The van der Waals surface area contributed by atoms with Crippen molar-refractivity contribution in [3.8, 4) is 0 Å².